The fourth-order valence-electron chi connectivity index (χ4n) is 5.08. The van der Waals surface area contributed by atoms with Gasteiger partial charge in [-0.2, -0.15) is 0 Å². The Balaban J connectivity index is 1.29. The van der Waals surface area contributed by atoms with Crippen LogP contribution in [0.15, 0.2) is 52.9 Å². The predicted octanol–water partition coefficient (Wildman–Crippen LogP) is 3.40. The summed E-state index contributed by atoms with van der Waals surface area (Å²) in [7, 11) is 0. The molecule has 1 aromatic heterocycles. The molecule has 2 aliphatic rings. The maximum atomic E-state index is 13.4. The Bertz CT molecular complexity index is 1170. The fraction of sp³-hybridized carbons (Fsp3) is 0.407. The van der Waals surface area contributed by atoms with Gasteiger partial charge in [0.1, 0.15) is 17.4 Å². The van der Waals surface area contributed by atoms with Crippen molar-refractivity contribution in [2.75, 3.05) is 32.7 Å². The van der Waals surface area contributed by atoms with Crippen molar-refractivity contribution in [2.24, 2.45) is 0 Å². The summed E-state index contributed by atoms with van der Waals surface area (Å²) in [5, 5.41) is 1.14. The van der Waals surface area contributed by atoms with Crippen molar-refractivity contribution in [1.82, 2.24) is 14.7 Å². The van der Waals surface area contributed by atoms with Crippen molar-refractivity contribution in [3.05, 3.63) is 71.0 Å². The zero-order chi connectivity index (χ0) is 22.9. The first-order valence-electron chi connectivity index (χ1n) is 11.9. The molecule has 6 heteroatoms. The molecule has 0 N–H and O–H groups in total. The van der Waals surface area contributed by atoms with Gasteiger partial charge in [0.15, 0.2) is 0 Å². The van der Waals surface area contributed by atoms with E-state index in [1.54, 1.807) is 9.80 Å². The maximum absolute atomic E-state index is 13.4. The molecule has 0 saturated carbocycles. The molecule has 172 valence electrons. The molecular formula is C27H31N3O3. The smallest absolute Gasteiger partial charge is 0.247 e. The van der Waals surface area contributed by atoms with E-state index in [0.717, 1.165) is 42.7 Å². The highest BCUT2D eigenvalue weighted by Crippen LogP contribution is 2.29. The van der Waals surface area contributed by atoms with Crippen LogP contribution in [0.2, 0.25) is 0 Å². The van der Waals surface area contributed by atoms with Crippen LogP contribution in [-0.4, -0.2) is 65.3 Å². The summed E-state index contributed by atoms with van der Waals surface area (Å²) in [4.78, 5) is 32.0. The third-order valence-electron chi connectivity index (χ3n) is 6.98. The van der Waals surface area contributed by atoms with Crippen LogP contribution in [0.25, 0.3) is 11.0 Å². The number of hydrogen-bond donors (Lipinski definition) is 0. The molecule has 0 aliphatic carbocycles. The Labute approximate surface area is 194 Å². The van der Waals surface area contributed by atoms with Crippen LogP contribution in [0.3, 0.4) is 0 Å². The first-order chi connectivity index (χ1) is 16.0. The molecule has 1 atom stereocenters. The van der Waals surface area contributed by atoms with Crippen LogP contribution in [0.4, 0.5) is 0 Å². The number of carbonyl (C=O) groups is 2. The minimum atomic E-state index is -0.402. The largest absolute Gasteiger partial charge is 0.461 e. The minimum Gasteiger partial charge on any atom is -0.461 e. The second kappa shape index (κ2) is 9.02. The van der Waals surface area contributed by atoms with Gasteiger partial charge in [-0.15, -0.1) is 0 Å². The van der Waals surface area contributed by atoms with E-state index >= 15 is 0 Å². The number of carbonyl (C=O) groups excluding carboxylic acids is 2. The van der Waals surface area contributed by atoms with E-state index in [1.807, 2.05) is 18.2 Å². The molecule has 6 nitrogen and oxygen atoms in total. The number of benzene rings is 2. The van der Waals surface area contributed by atoms with Gasteiger partial charge in [0.2, 0.25) is 11.8 Å². The molecule has 0 spiro atoms. The van der Waals surface area contributed by atoms with Crippen molar-refractivity contribution in [2.45, 2.75) is 39.3 Å². The summed E-state index contributed by atoms with van der Waals surface area (Å²) in [5.41, 5.74) is 4.52. The van der Waals surface area contributed by atoms with Crippen LogP contribution >= 0.6 is 0 Å². The van der Waals surface area contributed by atoms with Crippen LogP contribution < -0.4 is 0 Å². The van der Waals surface area contributed by atoms with Gasteiger partial charge in [-0.25, -0.2) is 0 Å². The highest BCUT2D eigenvalue weighted by atomic mass is 16.3. The van der Waals surface area contributed by atoms with E-state index in [9.17, 15) is 9.59 Å². The molecule has 1 unspecified atom stereocenters. The van der Waals surface area contributed by atoms with Gasteiger partial charge >= 0.3 is 0 Å². The Hall–Kier alpha value is -3.12. The second-order valence-corrected chi connectivity index (χ2v) is 9.19. The van der Waals surface area contributed by atoms with Crippen LogP contribution in [0.1, 0.15) is 29.4 Å². The van der Waals surface area contributed by atoms with Gasteiger partial charge in [-0.1, -0.05) is 55.0 Å². The van der Waals surface area contributed by atoms with Gasteiger partial charge in [0, 0.05) is 50.1 Å². The molecule has 0 radical (unpaired) electrons. The maximum Gasteiger partial charge on any atom is 0.247 e. The lowest BCUT2D eigenvalue weighted by molar-refractivity contribution is -0.159. The number of aryl methyl sites for hydroxylation is 2. The normalized spacial score (nSPS) is 19.4. The summed E-state index contributed by atoms with van der Waals surface area (Å²) in [5.74, 6) is 1.13. The third-order valence-corrected chi connectivity index (χ3v) is 6.98. The van der Waals surface area contributed by atoms with Crippen molar-refractivity contribution in [3.63, 3.8) is 0 Å². The standard InChI is InChI=1S/C27H31N3O3/c1-3-24-22(21-6-4-5-7-25(21)33-24)16-28-14-15-30-23(17-28)27(32)29(18-26(30)31)13-12-20-10-8-19(2)9-11-20/h4-11,23H,3,12-18H2,1-2H3. The van der Waals surface area contributed by atoms with E-state index in [0.29, 0.717) is 19.6 Å². The minimum absolute atomic E-state index is 0.0613. The summed E-state index contributed by atoms with van der Waals surface area (Å²) in [6.45, 7) is 7.59. The van der Waals surface area contributed by atoms with Crippen molar-refractivity contribution >= 4 is 22.8 Å². The summed E-state index contributed by atoms with van der Waals surface area (Å²) in [6, 6.07) is 16.1. The topological polar surface area (TPSA) is 57.0 Å². The second-order valence-electron chi connectivity index (χ2n) is 9.19. The number of fused-ring (bicyclic) bond motifs is 2. The molecule has 2 aliphatic heterocycles. The molecule has 2 fully saturated rings. The van der Waals surface area contributed by atoms with Crippen LogP contribution in [-0.2, 0) is 29.0 Å². The number of furan rings is 1. The molecule has 2 saturated heterocycles. The summed E-state index contributed by atoms with van der Waals surface area (Å²) >= 11 is 0. The number of rotatable bonds is 6. The van der Waals surface area contributed by atoms with Gasteiger partial charge < -0.3 is 14.2 Å². The SMILES string of the molecule is CCc1oc2ccccc2c1CN1CCN2C(=O)CN(CCc3ccc(C)cc3)C(=O)C2C1. The lowest BCUT2D eigenvalue weighted by Crippen LogP contribution is -2.66. The molecular weight excluding hydrogens is 414 g/mol. The molecule has 3 heterocycles. The van der Waals surface area contributed by atoms with Crippen LogP contribution in [0, 0.1) is 6.92 Å². The number of nitrogens with zero attached hydrogens (tertiary/aromatic N) is 3. The predicted molar refractivity (Wildman–Crippen MR) is 128 cm³/mol. The van der Waals surface area contributed by atoms with E-state index in [4.69, 9.17) is 4.42 Å². The van der Waals surface area contributed by atoms with E-state index in [1.165, 1.54) is 16.7 Å². The van der Waals surface area contributed by atoms with Crippen molar-refractivity contribution in [1.29, 1.82) is 0 Å². The van der Waals surface area contributed by atoms with Crippen molar-refractivity contribution < 1.29 is 14.0 Å². The first-order valence-corrected chi connectivity index (χ1v) is 11.9. The molecule has 0 bridgehead atoms. The average molecular weight is 446 g/mol. The highest BCUT2D eigenvalue weighted by Gasteiger charge is 2.42. The monoisotopic (exact) mass is 445 g/mol. The van der Waals surface area contributed by atoms with Gasteiger partial charge in [0.05, 0.1) is 6.54 Å². The molecule has 3 aromatic rings. The third kappa shape index (κ3) is 4.27. The Morgan fingerprint density at radius 3 is 2.61 bits per heavy atom. The van der Waals surface area contributed by atoms with Crippen LogP contribution in [0.5, 0.6) is 0 Å². The molecule has 2 amide bonds. The number of para-hydroxylation sites is 1. The fourth-order valence-corrected chi connectivity index (χ4v) is 5.08. The number of piperazine rings is 2. The summed E-state index contributed by atoms with van der Waals surface area (Å²) < 4.78 is 6.07. The molecule has 5 rings (SSSR count). The lowest BCUT2D eigenvalue weighted by atomic mass is 10.0. The highest BCUT2D eigenvalue weighted by molar-refractivity contribution is 5.95. The van der Waals surface area contributed by atoms with E-state index in [-0.39, 0.29) is 18.4 Å². The Kier molecular flexibility index (Phi) is 5.94. The number of amides is 2. The quantitative estimate of drug-likeness (QED) is 0.584. The van der Waals surface area contributed by atoms with E-state index < -0.39 is 6.04 Å². The molecule has 33 heavy (non-hydrogen) atoms. The van der Waals surface area contributed by atoms with Crippen molar-refractivity contribution in [3.8, 4) is 0 Å². The average Bonchev–Trinajstić information content (AvgIpc) is 3.19. The van der Waals surface area contributed by atoms with Gasteiger partial charge in [0.25, 0.3) is 0 Å². The Morgan fingerprint density at radius 2 is 1.82 bits per heavy atom. The van der Waals surface area contributed by atoms with Gasteiger partial charge in [-0.05, 0) is 25.0 Å². The van der Waals surface area contributed by atoms with E-state index in [2.05, 4.69) is 49.1 Å². The Morgan fingerprint density at radius 1 is 1.03 bits per heavy atom. The first kappa shape index (κ1) is 21.7. The lowest BCUT2D eigenvalue weighted by Gasteiger charge is -2.46. The van der Waals surface area contributed by atoms with Gasteiger partial charge in [-0.3, -0.25) is 14.5 Å². The zero-order valence-corrected chi connectivity index (χ0v) is 19.4. The zero-order valence-electron chi connectivity index (χ0n) is 19.4. The number of hydrogen-bond acceptors (Lipinski definition) is 4. The molecule has 2 aromatic carbocycles. The summed E-state index contributed by atoms with van der Waals surface area (Å²) in [6.07, 6.45) is 1.59.